The SMILES string of the molecule is COCC(C)N(C)C1(C(=O)O)CCCCCC1. The maximum atomic E-state index is 11.7. The van der Waals surface area contributed by atoms with Crippen LogP contribution in [-0.4, -0.2) is 48.3 Å². The summed E-state index contributed by atoms with van der Waals surface area (Å²) in [5.41, 5.74) is -0.686. The van der Waals surface area contributed by atoms with E-state index in [1.54, 1.807) is 7.11 Å². The minimum absolute atomic E-state index is 0.134. The standard InChI is InChI=1S/C13H25NO3/c1-11(10-17-3)14(2)13(12(15)16)8-6-4-5-7-9-13/h11H,4-10H2,1-3H3,(H,15,16). The zero-order valence-electron chi connectivity index (χ0n) is 11.2. The van der Waals surface area contributed by atoms with E-state index in [-0.39, 0.29) is 6.04 Å². The summed E-state index contributed by atoms with van der Waals surface area (Å²) in [6, 6.07) is 0.134. The van der Waals surface area contributed by atoms with Crippen LogP contribution in [0.1, 0.15) is 45.4 Å². The molecule has 0 aliphatic heterocycles. The molecule has 0 amide bonds. The van der Waals surface area contributed by atoms with Gasteiger partial charge >= 0.3 is 5.97 Å². The minimum atomic E-state index is -0.686. The molecule has 1 rings (SSSR count). The molecule has 1 atom stereocenters. The summed E-state index contributed by atoms with van der Waals surface area (Å²) in [5.74, 6) is -0.676. The second-order valence-electron chi connectivity index (χ2n) is 5.17. The van der Waals surface area contributed by atoms with Crippen molar-refractivity contribution in [2.45, 2.75) is 57.0 Å². The van der Waals surface area contributed by atoms with Gasteiger partial charge in [-0.15, -0.1) is 0 Å². The van der Waals surface area contributed by atoms with Crippen LogP contribution in [0.5, 0.6) is 0 Å². The van der Waals surface area contributed by atoms with Crippen LogP contribution >= 0.6 is 0 Å². The van der Waals surface area contributed by atoms with Crippen LogP contribution in [0, 0.1) is 0 Å². The first-order chi connectivity index (χ1) is 8.04. The number of carboxylic acid groups (broad SMARTS) is 1. The topological polar surface area (TPSA) is 49.8 Å². The normalized spacial score (nSPS) is 22.1. The molecule has 0 aromatic carbocycles. The zero-order chi connectivity index (χ0) is 12.9. The number of likely N-dealkylation sites (N-methyl/N-ethyl adjacent to an activating group) is 1. The first-order valence-corrected chi connectivity index (χ1v) is 6.50. The Balaban J connectivity index is 2.85. The number of carbonyl (C=O) groups is 1. The quantitative estimate of drug-likeness (QED) is 0.752. The Morgan fingerprint density at radius 2 is 1.88 bits per heavy atom. The maximum Gasteiger partial charge on any atom is 0.324 e. The molecule has 0 radical (unpaired) electrons. The van der Waals surface area contributed by atoms with Crippen LogP contribution in [0.4, 0.5) is 0 Å². The Hall–Kier alpha value is -0.610. The molecule has 1 fully saturated rings. The van der Waals surface area contributed by atoms with E-state index >= 15 is 0 Å². The van der Waals surface area contributed by atoms with Crippen molar-refractivity contribution in [3.8, 4) is 0 Å². The highest BCUT2D eigenvalue weighted by atomic mass is 16.5. The summed E-state index contributed by atoms with van der Waals surface area (Å²) in [4.78, 5) is 13.7. The summed E-state index contributed by atoms with van der Waals surface area (Å²) in [5, 5.41) is 9.62. The lowest BCUT2D eigenvalue weighted by Crippen LogP contribution is -2.56. The van der Waals surface area contributed by atoms with Gasteiger partial charge in [-0.05, 0) is 26.8 Å². The second-order valence-corrected chi connectivity index (χ2v) is 5.17. The van der Waals surface area contributed by atoms with Crippen LogP contribution in [0.25, 0.3) is 0 Å². The fraction of sp³-hybridized carbons (Fsp3) is 0.923. The Morgan fingerprint density at radius 1 is 1.35 bits per heavy atom. The number of nitrogens with zero attached hydrogens (tertiary/aromatic N) is 1. The highest BCUT2D eigenvalue weighted by Gasteiger charge is 2.43. The molecule has 0 bridgehead atoms. The van der Waals surface area contributed by atoms with E-state index < -0.39 is 11.5 Å². The summed E-state index contributed by atoms with van der Waals surface area (Å²) in [6.45, 7) is 2.60. The first-order valence-electron chi connectivity index (χ1n) is 6.50. The van der Waals surface area contributed by atoms with E-state index in [1.807, 2.05) is 18.9 Å². The van der Waals surface area contributed by atoms with E-state index in [4.69, 9.17) is 4.74 Å². The highest BCUT2D eigenvalue weighted by Crippen LogP contribution is 2.33. The fourth-order valence-electron chi connectivity index (χ4n) is 2.81. The van der Waals surface area contributed by atoms with Crippen molar-refractivity contribution < 1.29 is 14.6 Å². The predicted octanol–water partition coefficient (Wildman–Crippen LogP) is 2.13. The van der Waals surface area contributed by atoms with Gasteiger partial charge in [0.05, 0.1) is 6.61 Å². The molecule has 1 unspecified atom stereocenters. The molecule has 17 heavy (non-hydrogen) atoms. The van der Waals surface area contributed by atoms with Crippen LogP contribution in [0.15, 0.2) is 0 Å². The van der Waals surface area contributed by atoms with Gasteiger partial charge in [-0.1, -0.05) is 25.7 Å². The van der Waals surface area contributed by atoms with Gasteiger partial charge in [-0.2, -0.15) is 0 Å². The van der Waals surface area contributed by atoms with Gasteiger partial charge in [-0.3, -0.25) is 9.69 Å². The van der Waals surface area contributed by atoms with Crippen molar-refractivity contribution in [1.82, 2.24) is 4.90 Å². The molecule has 1 aliphatic carbocycles. The van der Waals surface area contributed by atoms with Crippen molar-refractivity contribution in [3.05, 3.63) is 0 Å². The van der Waals surface area contributed by atoms with Crippen LogP contribution < -0.4 is 0 Å². The predicted molar refractivity (Wildman–Crippen MR) is 67.2 cm³/mol. The highest BCUT2D eigenvalue weighted by molar-refractivity contribution is 5.78. The van der Waals surface area contributed by atoms with Crippen molar-refractivity contribution >= 4 is 5.97 Å². The van der Waals surface area contributed by atoms with Crippen molar-refractivity contribution in [1.29, 1.82) is 0 Å². The van der Waals surface area contributed by atoms with Crippen LogP contribution in [0.2, 0.25) is 0 Å². The molecule has 4 heteroatoms. The molecular weight excluding hydrogens is 218 g/mol. The van der Waals surface area contributed by atoms with Crippen molar-refractivity contribution in [2.75, 3.05) is 20.8 Å². The number of rotatable bonds is 5. The molecule has 0 aromatic heterocycles. The Morgan fingerprint density at radius 3 is 2.29 bits per heavy atom. The van der Waals surface area contributed by atoms with E-state index in [0.29, 0.717) is 6.61 Å². The number of hydrogen-bond acceptors (Lipinski definition) is 3. The number of methoxy groups -OCH3 is 1. The Bertz CT molecular complexity index is 247. The average molecular weight is 243 g/mol. The molecule has 1 aliphatic rings. The molecule has 0 aromatic rings. The van der Waals surface area contributed by atoms with Gasteiger partial charge in [-0.25, -0.2) is 0 Å². The third kappa shape index (κ3) is 3.19. The second kappa shape index (κ2) is 6.36. The third-order valence-electron chi connectivity index (χ3n) is 4.07. The van der Waals surface area contributed by atoms with Gasteiger partial charge < -0.3 is 9.84 Å². The van der Waals surface area contributed by atoms with Gasteiger partial charge in [0.25, 0.3) is 0 Å². The molecule has 1 saturated carbocycles. The largest absolute Gasteiger partial charge is 0.480 e. The lowest BCUT2D eigenvalue weighted by atomic mass is 9.87. The van der Waals surface area contributed by atoms with Gasteiger partial charge in [0.2, 0.25) is 0 Å². The van der Waals surface area contributed by atoms with Crippen LogP contribution in [-0.2, 0) is 9.53 Å². The first kappa shape index (κ1) is 14.5. The molecular formula is C13H25NO3. The lowest BCUT2D eigenvalue weighted by molar-refractivity contribution is -0.154. The molecule has 0 saturated heterocycles. The zero-order valence-corrected chi connectivity index (χ0v) is 11.2. The smallest absolute Gasteiger partial charge is 0.324 e. The van der Waals surface area contributed by atoms with Gasteiger partial charge in [0.15, 0.2) is 0 Å². The number of ether oxygens (including phenoxy) is 1. The number of hydrogen-bond donors (Lipinski definition) is 1. The maximum absolute atomic E-state index is 11.7. The monoisotopic (exact) mass is 243 g/mol. The Labute approximate surface area is 104 Å². The fourth-order valence-corrected chi connectivity index (χ4v) is 2.81. The van der Waals surface area contributed by atoms with E-state index in [2.05, 4.69) is 0 Å². The lowest BCUT2D eigenvalue weighted by Gasteiger charge is -2.41. The minimum Gasteiger partial charge on any atom is -0.480 e. The summed E-state index contributed by atoms with van der Waals surface area (Å²) >= 11 is 0. The van der Waals surface area contributed by atoms with Gasteiger partial charge in [0, 0.05) is 13.2 Å². The van der Waals surface area contributed by atoms with E-state index in [9.17, 15) is 9.90 Å². The van der Waals surface area contributed by atoms with E-state index in [1.165, 1.54) is 0 Å². The van der Waals surface area contributed by atoms with E-state index in [0.717, 1.165) is 38.5 Å². The van der Waals surface area contributed by atoms with Crippen molar-refractivity contribution in [2.24, 2.45) is 0 Å². The number of carboxylic acids is 1. The van der Waals surface area contributed by atoms with Crippen LogP contribution in [0.3, 0.4) is 0 Å². The molecule has 0 heterocycles. The van der Waals surface area contributed by atoms with Gasteiger partial charge in [0.1, 0.15) is 5.54 Å². The number of aliphatic carboxylic acids is 1. The van der Waals surface area contributed by atoms with Crippen molar-refractivity contribution in [3.63, 3.8) is 0 Å². The molecule has 0 spiro atoms. The molecule has 1 N–H and O–H groups in total. The Kier molecular flexibility index (Phi) is 5.40. The summed E-state index contributed by atoms with van der Waals surface area (Å²) < 4.78 is 5.14. The summed E-state index contributed by atoms with van der Waals surface area (Å²) in [7, 11) is 3.58. The average Bonchev–Trinajstić information content (AvgIpc) is 2.54. The molecule has 4 nitrogen and oxygen atoms in total. The molecule has 100 valence electrons. The summed E-state index contributed by atoms with van der Waals surface area (Å²) in [6.07, 6.45) is 5.84. The third-order valence-corrected chi connectivity index (χ3v) is 4.07.